The third-order valence-corrected chi connectivity index (χ3v) is 7.16. The molecule has 0 fully saturated rings. The monoisotopic (exact) mass is 595 g/mol. The van der Waals surface area contributed by atoms with Crippen molar-refractivity contribution in [1.29, 1.82) is 0 Å². The molecule has 3 amide bonds. The molecular formula is C36H41N3O5. The predicted molar refractivity (Wildman–Crippen MR) is 173 cm³/mol. The van der Waals surface area contributed by atoms with E-state index in [1.165, 1.54) is 4.90 Å². The van der Waals surface area contributed by atoms with Crippen LogP contribution in [0.5, 0.6) is 5.75 Å². The standard InChI is InChI=1S/C36H41N3O5/c1-6-21-39(34(42)30(22-25-14-8-7-9-15-25)38-35(43)44-36(3,4)5)31(29-18-12-13-24(2)32(29)40)33(41)37-28-20-19-26-16-10-11-17-27(26)23-28/h7-20,23,30-31,40H,6,21-22H2,1-5H3,(H,37,41)(H,38,43). The van der Waals surface area contributed by atoms with E-state index >= 15 is 0 Å². The largest absolute Gasteiger partial charge is 0.507 e. The van der Waals surface area contributed by atoms with Crippen LogP contribution in [0.3, 0.4) is 0 Å². The summed E-state index contributed by atoms with van der Waals surface area (Å²) in [6.45, 7) is 9.09. The number of phenolic OH excluding ortho intramolecular Hbond substituents is 1. The normalized spacial score (nSPS) is 12.7. The van der Waals surface area contributed by atoms with Crippen molar-refractivity contribution in [2.75, 3.05) is 11.9 Å². The molecule has 0 heterocycles. The van der Waals surface area contributed by atoms with Gasteiger partial charge in [-0.1, -0.05) is 85.8 Å². The van der Waals surface area contributed by atoms with Crippen LogP contribution < -0.4 is 10.6 Å². The number of carbonyl (C=O) groups excluding carboxylic acids is 3. The van der Waals surface area contributed by atoms with E-state index in [9.17, 15) is 19.5 Å². The molecule has 4 aromatic rings. The van der Waals surface area contributed by atoms with E-state index in [2.05, 4.69) is 10.6 Å². The molecule has 0 saturated carbocycles. The van der Waals surface area contributed by atoms with E-state index in [1.807, 2.05) is 79.7 Å². The summed E-state index contributed by atoms with van der Waals surface area (Å²) in [4.78, 5) is 43.1. The van der Waals surface area contributed by atoms with Crippen molar-refractivity contribution in [2.24, 2.45) is 0 Å². The van der Waals surface area contributed by atoms with Crippen molar-refractivity contribution in [1.82, 2.24) is 10.2 Å². The second kappa shape index (κ2) is 14.1. The number of hydrogen-bond donors (Lipinski definition) is 3. The first-order chi connectivity index (χ1) is 21.0. The molecular weight excluding hydrogens is 554 g/mol. The second-order valence-electron chi connectivity index (χ2n) is 11.9. The van der Waals surface area contributed by atoms with Gasteiger partial charge < -0.3 is 25.4 Å². The molecule has 4 rings (SSSR count). The lowest BCUT2D eigenvalue weighted by Crippen LogP contribution is -2.53. The van der Waals surface area contributed by atoms with Crippen LogP contribution in [0.2, 0.25) is 0 Å². The summed E-state index contributed by atoms with van der Waals surface area (Å²) in [5.74, 6) is -1.03. The second-order valence-corrected chi connectivity index (χ2v) is 11.9. The molecule has 0 bridgehead atoms. The SMILES string of the molecule is CCCN(C(=O)C(Cc1ccccc1)NC(=O)OC(C)(C)C)C(C(=O)Nc1ccc2ccccc2c1)c1cccc(C)c1O. The number of rotatable bonds is 10. The zero-order valence-electron chi connectivity index (χ0n) is 26.0. The van der Waals surface area contributed by atoms with Crippen molar-refractivity contribution in [3.8, 4) is 5.75 Å². The number of ether oxygens (including phenoxy) is 1. The van der Waals surface area contributed by atoms with Gasteiger partial charge in [0.2, 0.25) is 5.91 Å². The van der Waals surface area contributed by atoms with Gasteiger partial charge in [0.05, 0.1) is 0 Å². The molecule has 0 spiro atoms. The average Bonchev–Trinajstić information content (AvgIpc) is 2.98. The number of hydrogen-bond acceptors (Lipinski definition) is 5. The van der Waals surface area contributed by atoms with Crippen LogP contribution >= 0.6 is 0 Å². The van der Waals surface area contributed by atoms with Gasteiger partial charge in [0.1, 0.15) is 23.4 Å². The highest BCUT2D eigenvalue weighted by molar-refractivity contribution is 6.00. The third-order valence-electron chi connectivity index (χ3n) is 7.16. The Balaban J connectivity index is 1.75. The molecule has 3 N–H and O–H groups in total. The number of fused-ring (bicyclic) bond motifs is 1. The van der Waals surface area contributed by atoms with Crippen molar-refractivity contribution in [2.45, 2.75) is 65.1 Å². The molecule has 0 aliphatic heterocycles. The number of carbonyl (C=O) groups is 3. The summed E-state index contributed by atoms with van der Waals surface area (Å²) in [5.41, 5.74) is 1.48. The average molecular weight is 596 g/mol. The highest BCUT2D eigenvalue weighted by Crippen LogP contribution is 2.33. The minimum absolute atomic E-state index is 0.0697. The van der Waals surface area contributed by atoms with Crippen molar-refractivity contribution in [3.05, 3.63) is 108 Å². The van der Waals surface area contributed by atoms with Gasteiger partial charge in [-0.2, -0.15) is 0 Å². The van der Waals surface area contributed by atoms with Gasteiger partial charge in [-0.05, 0) is 68.1 Å². The van der Waals surface area contributed by atoms with Crippen LogP contribution in [-0.2, 0) is 20.7 Å². The number of phenols is 1. The molecule has 8 heteroatoms. The Hall–Kier alpha value is -4.85. The fraction of sp³-hybridized carbons (Fsp3) is 0.306. The summed E-state index contributed by atoms with van der Waals surface area (Å²) in [6, 6.07) is 25.7. The molecule has 230 valence electrons. The number of amides is 3. The van der Waals surface area contributed by atoms with Gasteiger partial charge >= 0.3 is 6.09 Å². The number of nitrogens with one attached hydrogen (secondary N) is 2. The Morgan fingerprint density at radius 1 is 0.886 bits per heavy atom. The van der Waals surface area contributed by atoms with Crippen LogP contribution in [-0.4, -0.2) is 46.1 Å². The van der Waals surface area contributed by atoms with Crippen molar-refractivity contribution < 1.29 is 24.2 Å². The maximum atomic E-state index is 14.5. The van der Waals surface area contributed by atoms with Gasteiger partial charge in [0.25, 0.3) is 5.91 Å². The minimum Gasteiger partial charge on any atom is -0.507 e. The molecule has 4 aromatic carbocycles. The molecule has 0 aliphatic rings. The predicted octanol–water partition coefficient (Wildman–Crippen LogP) is 6.91. The maximum Gasteiger partial charge on any atom is 0.408 e. The lowest BCUT2D eigenvalue weighted by molar-refractivity contribution is -0.140. The van der Waals surface area contributed by atoms with E-state index in [4.69, 9.17) is 4.74 Å². The summed E-state index contributed by atoms with van der Waals surface area (Å²) in [7, 11) is 0. The molecule has 44 heavy (non-hydrogen) atoms. The zero-order valence-corrected chi connectivity index (χ0v) is 26.0. The van der Waals surface area contributed by atoms with Crippen LogP contribution in [0, 0.1) is 6.92 Å². The fourth-order valence-electron chi connectivity index (χ4n) is 5.14. The molecule has 0 saturated heterocycles. The quantitative estimate of drug-likeness (QED) is 0.185. The highest BCUT2D eigenvalue weighted by Gasteiger charge is 2.37. The Kier molecular flexibility index (Phi) is 10.3. The zero-order chi connectivity index (χ0) is 31.9. The molecule has 0 aliphatic carbocycles. The Morgan fingerprint density at radius 3 is 2.25 bits per heavy atom. The minimum atomic E-state index is -1.19. The lowest BCUT2D eigenvalue weighted by Gasteiger charge is -2.35. The van der Waals surface area contributed by atoms with Crippen molar-refractivity contribution in [3.63, 3.8) is 0 Å². The molecule has 8 nitrogen and oxygen atoms in total. The van der Waals surface area contributed by atoms with E-state index in [0.717, 1.165) is 16.3 Å². The summed E-state index contributed by atoms with van der Waals surface area (Å²) in [6.07, 6.45) is -0.0284. The number of alkyl carbamates (subject to hydrolysis) is 1. The van der Waals surface area contributed by atoms with Crippen LogP contribution in [0.25, 0.3) is 10.8 Å². The van der Waals surface area contributed by atoms with Gasteiger partial charge in [-0.15, -0.1) is 0 Å². The number of aromatic hydroxyl groups is 1. The molecule has 0 radical (unpaired) electrons. The van der Waals surface area contributed by atoms with Gasteiger partial charge in [0, 0.05) is 24.2 Å². The smallest absolute Gasteiger partial charge is 0.408 e. The van der Waals surface area contributed by atoms with Gasteiger partial charge in [-0.3, -0.25) is 9.59 Å². The number of benzene rings is 4. The highest BCUT2D eigenvalue weighted by atomic mass is 16.6. The number of para-hydroxylation sites is 1. The Labute approximate surface area is 259 Å². The van der Waals surface area contributed by atoms with Crippen LogP contribution in [0.4, 0.5) is 10.5 Å². The molecule has 2 atom stereocenters. The maximum absolute atomic E-state index is 14.5. The fourth-order valence-corrected chi connectivity index (χ4v) is 5.14. The number of aryl methyl sites for hydroxylation is 1. The third kappa shape index (κ3) is 8.16. The topological polar surface area (TPSA) is 108 Å². The first kappa shape index (κ1) is 32.1. The summed E-state index contributed by atoms with van der Waals surface area (Å²) < 4.78 is 5.50. The van der Waals surface area contributed by atoms with Gasteiger partial charge in [-0.25, -0.2) is 4.79 Å². The van der Waals surface area contributed by atoms with E-state index in [1.54, 1.807) is 45.9 Å². The number of anilines is 1. The summed E-state index contributed by atoms with van der Waals surface area (Å²) >= 11 is 0. The van der Waals surface area contributed by atoms with E-state index in [0.29, 0.717) is 23.2 Å². The number of nitrogens with zero attached hydrogens (tertiary/aromatic N) is 1. The van der Waals surface area contributed by atoms with Crippen LogP contribution in [0.1, 0.15) is 56.8 Å². The summed E-state index contributed by atoms with van der Waals surface area (Å²) in [5, 5.41) is 18.9. The van der Waals surface area contributed by atoms with E-state index < -0.39 is 35.6 Å². The molecule has 2 unspecified atom stereocenters. The van der Waals surface area contributed by atoms with E-state index in [-0.39, 0.29) is 18.7 Å². The van der Waals surface area contributed by atoms with Gasteiger partial charge in [0.15, 0.2) is 0 Å². The Morgan fingerprint density at radius 2 is 1.57 bits per heavy atom. The first-order valence-corrected chi connectivity index (χ1v) is 14.9. The molecule has 0 aromatic heterocycles. The Bertz CT molecular complexity index is 1610. The lowest BCUT2D eigenvalue weighted by atomic mass is 9.97. The van der Waals surface area contributed by atoms with Crippen LogP contribution in [0.15, 0.2) is 91.0 Å². The van der Waals surface area contributed by atoms with Crippen molar-refractivity contribution >= 4 is 34.4 Å². The first-order valence-electron chi connectivity index (χ1n) is 14.9.